The lowest BCUT2D eigenvalue weighted by Gasteiger charge is -2.13. The molecule has 0 N–H and O–H groups in total. The van der Waals surface area contributed by atoms with Crippen LogP contribution in [0.15, 0.2) is 82.7 Å². The van der Waals surface area contributed by atoms with Gasteiger partial charge in [-0.2, -0.15) is 0 Å². The number of hydrogen-bond acceptors (Lipinski definition) is 3. The molecule has 1 heterocycles. The summed E-state index contributed by atoms with van der Waals surface area (Å²) in [6, 6.07) is 21.3. The second-order valence-electron chi connectivity index (χ2n) is 6.31. The van der Waals surface area contributed by atoms with Gasteiger partial charge in [0.15, 0.2) is 5.16 Å². The number of thioether (sulfide) groups is 1. The normalized spacial score (nSPS) is 11.1. The number of aromatic nitrogens is 2. The lowest BCUT2D eigenvalue weighted by atomic mass is 10.2. The maximum absolute atomic E-state index is 14.0. The first kappa shape index (κ1) is 18.7. The van der Waals surface area contributed by atoms with Crippen LogP contribution in [-0.4, -0.2) is 9.55 Å². The molecule has 0 radical (unpaired) electrons. The fourth-order valence-corrected chi connectivity index (χ4v) is 4.04. The molecule has 0 aliphatic carbocycles. The molecule has 0 unspecified atom stereocenters. The largest absolute Gasteiger partial charge is 0.283 e. The van der Waals surface area contributed by atoms with E-state index in [0.717, 1.165) is 5.56 Å². The van der Waals surface area contributed by atoms with E-state index in [1.807, 2.05) is 30.3 Å². The Balaban J connectivity index is 1.75. The highest BCUT2D eigenvalue weighted by Gasteiger charge is 2.13. The average molecular weight is 411 g/mol. The maximum Gasteiger partial charge on any atom is 0.262 e. The molecule has 0 amide bonds. The zero-order valence-corrected chi connectivity index (χ0v) is 16.4. The fraction of sp³-hybridized carbons (Fsp3) is 0.0909. The van der Waals surface area contributed by atoms with E-state index in [0.29, 0.717) is 38.9 Å². The van der Waals surface area contributed by atoms with Crippen molar-refractivity contribution in [3.8, 4) is 0 Å². The number of nitrogens with zero attached hydrogens (tertiary/aromatic N) is 2. The van der Waals surface area contributed by atoms with E-state index in [-0.39, 0.29) is 11.4 Å². The predicted octanol–water partition coefficient (Wildman–Crippen LogP) is 5.53. The molecule has 0 saturated heterocycles. The molecule has 0 spiro atoms. The molecular weight excluding hydrogens is 395 g/mol. The van der Waals surface area contributed by atoms with Crippen molar-refractivity contribution in [2.75, 3.05) is 0 Å². The van der Waals surface area contributed by atoms with Gasteiger partial charge in [-0.15, -0.1) is 0 Å². The number of rotatable bonds is 5. The Bertz CT molecular complexity index is 1190. The molecule has 0 saturated carbocycles. The van der Waals surface area contributed by atoms with Gasteiger partial charge < -0.3 is 0 Å². The van der Waals surface area contributed by atoms with E-state index in [9.17, 15) is 9.18 Å². The highest BCUT2D eigenvalue weighted by atomic mass is 35.5. The number of benzene rings is 3. The van der Waals surface area contributed by atoms with Crippen molar-refractivity contribution < 1.29 is 4.39 Å². The molecule has 0 fully saturated rings. The highest BCUT2D eigenvalue weighted by Crippen LogP contribution is 2.24. The van der Waals surface area contributed by atoms with Gasteiger partial charge in [0, 0.05) is 10.8 Å². The summed E-state index contributed by atoms with van der Waals surface area (Å²) in [6.07, 6.45) is 0. The minimum atomic E-state index is -0.262. The van der Waals surface area contributed by atoms with Crippen molar-refractivity contribution in [2.24, 2.45) is 0 Å². The molecule has 3 nitrogen and oxygen atoms in total. The first-order chi connectivity index (χ1) is 13.6. The van der Waals surface area contributed by atoms with E-state index < -0.39 is 0 Å². The Hall–Kier alpha value is -2.63. The summed E-state index contributed by atoms with van der Waals surface area (Å²) in [4.78, 5) is 17.8. The Labute approximate surface area is 170 Å². The average Bonchev–Trinajstić information content (AvgIpc) is 2.71. The van der Waals surface area contributed by atoms with Gasteiger partial charge in [0.1, 0.15) is 5.82 Å². The lowest BCUT2D eigenvalue weighted by molar-refractivity contribution is 0.616. The van der Waals surface area contributed by atoms with Gasteiger partial charge in [-0.25, -0.2) is 9.37 Å². The fourth-order valence-electron chi connectivity index (χ4n) is 2.93. The minimum absolute atomic E-state index is 0.114. The Morgan fingerprint density at radius 1 is 0.964 bits per heavy atom. The van der Waals surface area contributed by atoms with Crippen molar-refractivity contribution in [1.82, 2.24) is 9.55 Å². The molecule has 28 heavy (non-hydrogen) atoms. The van der Waals surface area contributed by atoms with Crippen LogP contribution in [0, 0.1) is 5.82 Å². The van der Waals surface area contributed by atoms with Gasteiger partial charge in [-0.3, -0.25) is 9.36 Å². The van der Waals surface area contributed by atoms with Gasteiger partial charge in [-0.1, -0.05) is 65.8 Å². The lowest BCUT2D eigenvalue weighted by Crippen LogP contribution is -2.24. The third kappa shape index (κ3) is 3.96. The third-order valence-electron chi connectivity index (χ3n) is 4.40. The predicted molar refractivity (Wildman–Crippen MR) is 113 cm³/mol. The summed E-state index contributed by atoms with van der Waals surface area (Å²) in [6.45, 7) is 0.368. The standard InChI is InChI=1S/C22H16ClFN2OS/c23-17-11-9-15(10-12-17)13-26-21(27)18-6-2-4-8-20(18)25-22(26)28-14-16-5-1-3-7-19(16)24/h1-12H,13-14H2. The topological polar surface area (TPSA) is 34.9 Å². The number of halogens is 2. The van der Waals surface area contributed by atoms with Crippen LogP contribution in [0.4, 0.5) is 4.39 Å². The van der Waals surface area contributed by atoms with Crippen molar-refractivity contribution in [2.45, 2.75) is 17.5 Å². The summed E-state index contributed by atoms with van der Waals surface area (Å²) in [7, 11) is 0. The van der Waals surface area contributed by atoms with Gasteiger partial charge in [-0.05, 0) is 41.5 Å². The highest BCUT2D eigenvalue weighted by molar-refractivity contribution is 7.98. The molecular formula is C22H16ClFN2OS. The van der Waals surface area contributed by atoms with E-state index in [1.165, 1.54) is 17.8 Å². The summed E-state index contributed by atoms with van der Waals surface area (Å²) in [5, 5.41) is 1.76. The van der Waals surface area contributed by atoms with Crippen molar-refractivity contribution in [3.63, 3.8) is 0 Å². The molecule has 3 aromatic carbocycles. The number of hydrogen-bond donors (Lipinski definition) is 0. The molecule has 0 aliphatic heterocycles. The SMILES string of the molecule is O=c1c2ccccc2nc(SCc2ccccc2F)n1Cc1ccc(Cl)cc1. The van der Waals surface area contributed by atoms with E-state index >= 15 is 0 Å². The summed E-state index contributed by atoms with van der Waals surface area (Å²) in [5.41, 5.74) is 2.04. The van der Waals surface area contributed by atoms with Crippen LogP contribution >= 0.6 is 23.4 Å². The first-order valence-electron chi connectivity index (χ1n) is 8.72. The van der Waals surface area contributed by atoms with Crippen molar-refractivity contribution in [1.29, 1.82) is 0 Å². The summed E-state index contributed by atoms with van der Waals surface area (Å²) in [5.74, 6) is 0.125. The molecule has 6 heteroatoms. The van der Waals surface area contributed by atoms with Crippen LogP contribution in [0.1, 0.15) is 11.1 Å². The van der Waals surface area contributed by atoms with Crippen LogP contribution in [-0.2, 0) is 12.3 Å². The second kappa shape index (κ2) is 8.17. The van der Waals surface area contributed by atoms with Crippen LogP contribution in [0.5, 0.6) is 0 Å². The third-order valence-corrected chi connectivity index (χ3v) is 5.67. The molecule has 4 rings (SSSR count). The Kier molecular flexibility index (Phi) is 5.46. The second-order valence-corrected chi connectivity index (χ2v) is 7.69. The molecule has 0 bridgehead atoms. The van der Waals surface area contributed by atoms with E-state index in [4.69, 9.17) is 11.6 Å². The maximum atomic E-state index is 14.0. The van der Waals surface area contributed by atoms with Gasteiger partial charge >= 0.3 is 0 Å². The Morgan fingerprint density at radius 2 is 1.68 bits per heavy atom. The minimum Gasteiger partial charge on any atom is -0.283 e. The van der Waals surface area contributed by atoms with Crippen LogP contribution in [0.25, 0.3) is 10.9 Å². The molecule has 140 valence electrons. The van der Waals surface area contributed by atoms with Gasteiger partial charge in [0.25, 0.3) is 5.56 Å². The van der Waals surface area contributed by atoms with Crippen LogP contribution < -0.4 is 5.56 Å². The van der Waals surface area contributed by atoms with Gasteiger partial charge in [0.2, 0.25) is 0 Å². The molecule has 0 atom stereocenters. The first-order valence-corrected chi connectivity index (χ1v) is 10.1. The van der Waals surface area contributed by atoms with Crippen molar-refractivity contribution >= 4 is 34.3 Å². The summed E-state index contributed by atoms with van der Waals surface area (Å²) >= 11 is 7.32. The van der Waals surface area contributed by atoms with Crippen molar-refractivity contribution in [3.05, 3.63) is 105 Å². The smallest absolute Gasteiger partial charge is 0.262 e. The van der Waals surface area contributed by atoms with Crippen LogP contribution in [0.3, 0.4) is 0 Å². The summed E-state index contributed by atoms with van der Waals surface area (Å²) < 4.78 is 15.6. The van der Waals surface area contributed by atoms with Crippen LogP contribution in [0.2, 0.25) is 5.02 Å². The van der Waals surface area contributed by atoms with E-state index in [2.05, 4.69) is 4.98 Å². The van der Waals surface area contributed by atoms with E-state index in [1.54, 1.807) is 41.0 Å². The quantitative estimate of drug-likeness (QED) is 0.320. The zero-order valence-electron chi connectivity index (χ0n) is 14.8. The molecule has 4 aromatic rings. The van der Waals surface area contributed by atoms with Gasteiger partial charge in [0.05, 0.1) is 17.4 Å². The zero-order chi connectivity index (χ0) is 19.5. The number of para-hydroxylation sites is 1. The monoisotopic (exact) mass is 410 g/mol. The number of fused-ring (bicyclic) bond motifs is 1. The molecule has 1 aromatic heterocycles. The Morgan fingerprint density at radius 3 is 2.46 bits per heavy atom. The molecule has 0 aliphatic rings.